The third-order valence-electron chi connectivity index (χ3n) is 3.78. The monoisotopic (exact) mass is 382 g/mol. The number of hydrogen-bond donors (Lipinski definition) is 2. The van der Waals surface area contributed by atoms with Gasteiger partial charge in [-0.1, -0.05) is 54.2 Å². The van der Waals surface area contributed by atoms with Crippen molar-refractivity contribution >= 4 is 17.7 Å². The van der Waals surface area contributed by atoms with Gasteiger partial charge < -0.3 is 15.9 Å². The summed E-state index contributed by atoms with van der Waals surface area (Å²) in [5.41, 5.74) is 2.91. The minimum absolute atomic E-state index is 0.0860. The smallest absolute Gasteiger partial charge is 0.230 e. The Labute approximate surface area is 162 Å². The highest BCUT2D eigenvalue weighted by Gasteiger charge is 2.10. The van der Waals surface area contributed by atoms with Crippen LogP contribution in [0.5, 0.6) is 5.75 Å². The van der Waals surface area contributed by atoms with E-state index in [2.05, 4.69) is 10.3 Å². The van der Waals surface area contributed by atoms with Crippen LogP contribution >= 0.6 is 11.8 Å². The number of carbonyl (C=O) groups is 1. The predicted octanol–water partition coefficient (Wildman–Crippen LogP) is 2.86. The summed E-state index contributed by atoms with van der Waals surface area (Å²) in [5, 5.41) is 3.43. The van der Waals surface area contributed by atoms with E-state index in [1.807, 2.05) is 61.5 Å². The predicted molar refractivity (Wildman–Crippen MR) is 108 cm³/mol. The molecule has 3 aromatic rings. The normalized spacial score (nSPS) is 10.6. The summed E-state index contributed by atoms with van der Waals surface area (Å²) < 4.78 is 7.06. The van der Waals surface area contributed by atoms with E-state index in [-0.39, 0.29) is 11.7 Å². The summed E-state index contributed by atoms with van der Waals surface area (Å²) in [6.45, 7) is 2.87. The third kappa shape index (κ3) is 5.52. The van der Waals surface area contributed by atoms with Gasteiger partial charge in [0.15, 0.2) is 5.16 Å². The van der Waals surface area contributed by atoms with Crippen LogP contribution in [0.3, 0.4) is 0 Å². The van der Waals surface area contributed by atoms with Crippen LogP contribution in [0.15, 0.2) is 66.0 Å². The summed E-state index contributed by atoms with van der Waals surface area (Å²) in [7, 11) is 0. The first kappa shape index (κ1) is 18.8. The van der Waals surface area contributed by atoms with Gasteiger partial charge >= 0.3 is 0 Å². The van der Waals surface area contributed by atoms with Gasteiger partial charge in [0.1, 0.15) is 12.4 Å². The van der Waals surface area contributed by atoms with Crippen molar-refractivity contribution in [3.63, 3.8) is 0 Å². The molecule has 0 spiro atoms. The van der Waals surface area contributed by atoms with Crippen molar-refractivity contribution in [3.8, 4) is 17.0 Å². The zero-order valence-corrected chi connectivity index (χ0v) is 15.9. The molecule has 6 nitrogen and oxygen atoms in total. The fraction of sp³-hybridized carbons (Fsp3) is 0.200. The van der Waals surface area contributed by atoms with Gasteiger partial charge in [0.25, 0.3) is 0 Å². The first-order valence-electron chi connectivity index (χ1n) is 8.60. The van der Waals surface area contributed by atoms with Crippen molar-refractivity contribution in [2.75, 3.05) is 24.7 Å². The Kier molecular flexibility index (Phi) is 6.38. The summed E-state index contributed by atoms with van der Waals surface area (Å²) in [5.74, 6) is 6.90. The van der Waals surface area contributed by atoms with Gasteiger partial charge in [0, 0.05) is 5.56 Å². The second kappa shape index (κ2) is 9.14. The van der Waals surface area contributed by atoms with Crippen molar-refractivity contribution in [3.05, 3.63) is 66.4 Å². The number of aryl methyl sites for hydroxylation is 1. The second-order valence-corrected chi connectivity index (χ2v) is 6.93. The molecule has 140 valence electrons. The fourth-order valence-corrected chi connectivity index (χ4v) is 3.20. The number of hydrogen-bond acceptors (Lipinski definition) is 5. The summed E-state index contributed by atoms with van der Waals surface area (Å²) >= 11 is 1.30. The molecule has 27 heavy (non-hydrogen) atoms. The van der Waals surface area contributed by atoms with Crippen LogP contribution in [-0.4, -0.2) is 34.5 Å². The maximum absolute atomic E-state index is 12.0. The van der Waals surface area contributed by atoms with Crippen molar-refractivity contribution in [2.45, 2.75) is 12.1 Å². The number of nitrogens with two attached hydrogens (primary N) is 1. The van der Waals surface area contributed by atoms with Gasteiger partial charge in [0.2, 0.25) is 5.91 Å². The standard InChI is InChI=1S/C20H22N4O2S/c1-15-6-5-9-17(12-15)26-11-10-22-19(25)14-27-20-23-18(13-24(20)21)16-7-3-2-4-8-16/h2-9,12-13H,10-11,14,21H2,1H3,(H,22,25). The first-order chi connectivity index (χ1) is 13.1. The number of ether oxygens (including phenoxy) is 1. The highest BCUT2D eigenvalue weighted by atomic mass is 32.2. The summed E-state index contributed by atoms with van der Waals surface area (Å²) in [6, 6.07) is 17.6. The molecule has 0 saturated heterocycles. The third-order valence-corrected chi connectivity index (χ3v) is 4.75. The van der Waals surface area contributed by atoms with Crippen LogP contribution < -0.4 is 15.9 Å². The van der Waals surface area contributed by atoms with Crippen LogP contribution in [0.25, 0.3) is 11.3 Å². The molecule has 1 aromatic heterocycles. The SMILES string of the molecule is Cc1cccc(OCCNC(=O)CSc2nc(-c3ccccc3)cn2N)c1. The average Bonchev–Trinajstić information content (AvgIpc) is 3.05. The van der Waals surface area contributed by atoms with Gasteiger partial charge in [-0.25, -0.2) is 9.66 Å². The lowest BCUT2D eigenvalue weighted by Gasteiger charge is -2.08. The lowest BCUT2D eigenvalue weighted by molar-refractivity contribution is -0.118. The quantitative estimate of drug-likeness (QED) is 0.356. The molecule has 2 aromatic carbocycles. The lowest BCUT2D eigenvalue weighted by Crippen LogP contribution is -2.29. The van der Waals surface area contributed by atoms with E-state index in [0.717, 1.165) is 22.6 Å². The van der Waals surface area contributed by atoms with E-state index < -0.39 is 0 Å². The molecule has 0 aliphatic rings. The second-order valence-electron chi connectivity index (χ2n) is 5.99. The summed E-state index contributed by atoms with van der Waals surface area (Å²) in [6.07, 6.45) is 1.76. The van der Waals surface area contributed by atoms with E-state index in [1.54, 1.807) is 6.20 Å². The van der Waals surface area contributed by atoms with E-state index in [9.17, 15) is 4.79 Å². The molecular formula is C20H22N4O2S. The highest BCUT2D eigenvalue weighted by Crippen LogP contribution is 2.22. The summed E-state index contributed by atoms with van der Waals surface area (Å²) in [4.78, 5) is 16.5. The Balaban J connectivity index is 1.42. The minimum Gasteiger partial charge on any atom is -0.492 e. The van der Waals surface area contributed by atoms with Crippen molar-refractivity contribution < 1.29 is 9.53 Å². The molecule has 0 fully saturated rings. The van der Waals surface area contributed by atoms with Crippen molar-refractivity contribution in [1.82, 2.24) is 15.0 Å². The number of rotatable bonds is 8. The Morgan fingerprint density at radius 3 is 2.81 bits per heavy atom. The van der Waals surface area contributed by atoms with Crippen LogP contribution in [-0.2, 0) is 4.79 Å². The van der Waals surface area contributed by atoms with Crippen molar-refractivity contribution in [1.29, 1.82) is 0 Å². The number of imidazole rings is 1. The number of benzene rings is 2. The minimum atomic E-state index is -0.0860. The topological polar surface area (TPSA) is 82.2 Å². The van der Waals surface area contributed by atoms with E-state index >= 15 is 0 Å². The lowest BCUT2D eigenvalue weighted by atomic mass is 10.2. The van der Waals surface area contributed by atoms with Gasteiger partial charge in [-0.2, -0.15) is 0 Å². The number of aromatic nitrogens is 2. The van der Waals surface area contributed by atoms with E-state index in [1.165, 1.54) is 16.4 Å². The van der Waals surface area contributed by atoms with E-state index in [4.69, 9.17) is 10.6 Å². The molecule has 1 heterocycles. The van der Waals surface area contributed by atoms with Gasteiger partial charge in [-0.3, -0.25) is 4.79 Å². The maximum atomic E-state index is 12.0. The maximum Gasteiger partial charge on any atom is 0.230 e. The van der Waals surface area contributed by atoms with E-state index in [0.29, 0.717) is 18.3 Å². The number of carbonyl (C=O) groups excluding carboxylic acids is 1. The Hall–Kier alpha value is -2.93. The molecule has 0 atom stereocenters. The van der Waals surface area contributed by atoms with Gasteiger partial charge in [-0.15, -0.1) is 0 Å². The Morgan fingerprint density at radius 1 is 1.22 bits per heavy atom. The molecule has 0 radical (unpaired) electrons. The average molecular weight is 382 g/mol. The molecule has 3 N–H and O–H groups in total. The van der Waals surface area contributed by atoms with Crippen molar-refractivity contribution in [2.24, 2.45) is 0 Å². The molecule has 3 rings (SSSR count). The zero-order valence-electron chi connectivity index (χ0n) is 15.1. The van der Waals surface area contributed by atoms with Crippen LogP contribution in [0.1, 0.15) is 5.56 Å². The first-order valence-corrected chi connectivity index (χ1v) is 9.59. The Morgan fingerprint density at radius 2 is 2.04 bits per heavy atom. The zero-order chi connectivity index (χ0) is 19.1. The molecule has 0 aliphatic heterocycles. The number of nitrogen functional groups attached to an aromatic ring is 1. The Bertz CT molecular complexity index is 896. The van der Waals surface area contributed by atoms with Gasteiger partial charge in [-0.05, 0) is 24.6 Å². The molecule has 0 aliphatic carbocycles. The number of nitrogens with zero attached hydrogens (tertiary/aromatic N) is 2. The van der Waals surface area contributed by atoms with Crippen LogP contribution in [0, 0.1) is 6.92 Å². The number of nitrogens with one attached hydrogen (secondary N) is 1. The molecule has 0 bridgehead atoms. The number of amides is 1. The molecular weight excluding hydrogens is 360 g/mol. The van der Waals surface area contributed by atoms with Gasteiger partial charge in [0.05, 0.1) is 24.2 Å². The van der Waals surface area contributed by atoms with Crippen LogP contribution in [0.2, 0.25) is 0 Å². The largest absolute Gasteiger partial charge is 0.492 e. The molecule has 0 unspecified atom stereocenters. The molecule has 1 amide bonds. The number of thioether (sulfide) groups is 1. The fourth-order valence-electron chi connectivity index (χ4n) is 2.48. The highest BCUT2D eigenvalue weighted by molar-refractivity contribution is 7.99. The molecule has 7 heteroatoms. The van der Waals surface area contributed by atoms with Crippen LogP contribution in [0.4, 0.5) is 0 Å². The molecule has 0 saturated carbocycles.